The van der Waals surface area contributed by atoms with Crippen molar-refractivity contribution in [2.24, 2.45) is 0 Å². The lowest BCUT2D eigenvalue weighted by molar-refractivity contribution is 0.165. The summed E-state index contributed by atoms with van der Waals surface area (Å²) in [6.45, 7) is 3.92. The molecule has 0 aliphatic carbocycles. The molecule has 3 rings (SSSR count). The van der Waals surface area contributed by atoms with Crippen LogP contribution < -0.4 is 20.1 Å². The van der Waals surface area contributed by atoms with Gasteiger partial charge in [-0.05, 0) is 13.0 Å². The number of pyridine rings is 1. The van der Waals surface area contributed by atoms with Crippen LogP contribution in [0.4, 0.5) is 9.18 Å². The Morgan fingerprint density at radius 3 is 2.88 bits per heavy atom. The van der Waals surface area contributed by atoms with Crippen molar-refractivity contribution in [1.82, 2.24) is 15.6 Å². The number of methoxy groups -OCH3 is 1. The molecule has 0 bridgehead atoms. The van der Waals surface area contributed by atoms with Crippen LogP contribution in [-0.2, 0) is 6.54 Å². The fourth-order valence-electron chi connectivity index (χ4n) is 3.18. The van der Waals surface area contributed by atoms with Crippen LogP contribution in [0.5, 0.6) is 11.5 Å². The highest BCUT2D eigenvalue weighted by molar-refractivity contribution is 5.74. The summed E-state index contributed by atoms with van der Waals surface area (Å²) in [5.74, 6) is 0.531. The Morgan fingerprint density at radius 2 is 2.15 bits per heavy atom. The van der Waals surface area contributed by atoms with E-state index in [1.807, 2.05) is 31.2 Å². The summed E-state index contributed by atoms with van der Waals surface area (Å²) in [5, 5.41) is 5.47. The van der Waals surface area contributed by atoms with E-state index < -0.39 is 11.8 Å². The van der Waals surface area contributed by atoms with Crippen molar-refractivity contribution in [2.45, 2.75) is 38.5 Å². The Labute approximate surface area is 151 Å². The maximum Gasteiger partial charge on any atom is 0.315 e. The molecule has 0 spiro atoms. The van der Waals surface area contributed by atoms with Gasteiger partial charge in [-0.2, -0.15) is 0 Å². The highest BCUT2D eigenvalue weighted by atomic mass is 19.1. The van der Waals surface area contributed by atoms with Crippen LogP contribution in [0.3, 0.4) is 0 Å². The Morgan fingerprint density at radius 1 is 1.38 bits per heavy atom. The zero-order valence-electron chi connectivity index (χ0n) is 15.0. The minimum Gasteiger partial charge on any atom is -0.494 e. The monoisotopic (exact) mass is 359 g/mol. The van der Waals surface area contributed by atoms with Gasteiger partial charge in [-0.3, -0.25) is 4.98 Å². The predicted molar refractivity (Wildman–Crippen MR) is 94.9 cm³/mol. The van der Waals surface area contributed by atoms with E-state index in [-0.39, 0.29) is 36.1 Å². The van der Waals surface area contributed by atoms with E-state index in [0.717, 1.165) is 11.3 Å². The van der Waals surface area contributed by atoms with Crippen LogP contribution in [0.1, 0.15) is 31.0 Å². The number of halogens is 1. The topological polar surface area (TPSA) is 72.5 Å². The number of carbonyl (C=O) groups is 1. The largest absolute Gasteiger partial charge is 0.494 e. The fraction of sp³-hybridized carbons (Fsp3) is 0.368. The van der Waals surface area contributed by atoms with Gasteiger partial charge in [-0.1, -0.05) is 25.1 Å². The summed E-state index contributed by atoms with van der Waals surface area (Å²) in [5.41, 5.74) is 1.25. The van der Waals surface area contributed by atoms with Gasteiger partial charge < -0.3 is 20.1 Å². The molecule has 2 N–H and O–H groups in total. The summed E-state index contributed by atoms with van der Waals surface area (Å²) in [4.78, 5) is 16.1. The molecule has 0 saturated heterocycles. The van der Waals surface area contributed by atoms with E-state index in [1.54, 1.807) is 0 Å². The number of para-hydroxylation sites is 1. The predicted octanol–water partition coefficient (Wildman–Crippen LogP) is 2.98. The number of carbonyl (C=O) groups excluding carboxylic acids is 1. The third-order valence-electron chi connectivity index (χ3n) is 4.58. The first-order valence-corrected chi connectivity index (χ1v) is 8.48. The number of nitrogens with one attached hydrogen (secondary N) is 2. The van der Waals surface area contributed by atoms with E-state index in [1.165, 1.54) is 19.4 Å². The maximum atomic E-state index is 14.1. The van der Waals surface area contributed by atoms with Crippen molar-refractivity contribution in [2.75, 3.05) is 7.11 Å². The summed E-state index contributed by atoms with van der Waals surface area (Å²) >= 11 is 0. The maximum absolute atomic E-state index is 14.1. The molecule has 2 heterocycles. The quantitative estimate of drug-likeness (QED) is 0.861. The van der Waals surface area contributed by atoms with Crippen LogP contribution in [0.2, 0.25) is 0 Å². The van der Waals surface area contributed by atoms with E-state index >= 15 is 0 Å². The number of ether oxygens (including phenoxy) is 2. The molecule has 0 radical (unpaired) electrons. The van der Waals surface area contributed by atoms with E-state index in [0.29, 0.717) is 0 Å². The van der Waals surface area contributed by atoms with Crippen molar-refractivity contribution in [3.63, 3.8) is 0 Å². The van der Waals surface area contributed by atoms with E-state index in [2.05, 4.69) is 22.5 Å². The molecule has 2 aromatic rings. The van der Waals surface area contributed by atoms with Gasteiger partial charge in [0.25, 0.3) is 0 Å². The molecule has 3 atom stereocenters. The molecular weight excluding hydrogens is 337 g/mol. The SMILES string of the molecule is COc1ccnc(CNC(=O)NC(C)C2Oc3ccccc3C2C)c1F. The minimum absolute atomic E-state index is 0.0388. The Balaban J connectivity index is 1.56. The molecule has 1 aromatic heterocycles. The normalized spacial score (nSPS) is 19.2. The van der Waals surface area contributed by atoms with Crippen LogP contribution in [0.25, 0.3) is 0 Å². The second-order valence-electron chi connectivity index (χ2n) is 6.30. The lowest BCUT2D eigenvalue weighted by atomic mass is 9.94. The molecule has 1 aromatic carbocycles. The summed E-state index contributed by atoms with van der Waals surface area (Å²) in [6.07, 6.45) is 1.27. The molecular formula is C19H22FN3O3. The number of fused-ring (bicyclic) bond motifs is 1. The van der Waals surface area contributed by atoms with Crippen molar-refractivity contribution < 1.29 is 18.7 Å². The number of benzene rings is 1. The van der Waals surface area contributed by atoms with E-state index in [9.17, 15) is 9.18 Å². The van der Waals surface area contributed by atoms with Crippen molar-refractivity contribution >= 4 is 6.03 Å². The second kappa shape index (κ2) is 7.59. The molecule has 26 heavy (non-hydrogen) atoms. The smallest absolute Gasteiger partial charge is 0.315 e. The number of hydrogen-bond acceptors (Lipinski definition) is 4. The fourth-order valence-corrected chi connectivity index (χ4v) is 3.18. The zero-order valence-corrected chi connectivity index (χ0v) is 15.0. The third-order valence-corrected chi connectivity index (χ3v) is 4.58. The van der Waals surface area contributed by atoms with Gasteiger partial charge in [0.2, 0.25) is 0 Å². The Bertz CT molecular complexity index is 799. The average Bonchev–Trinajstić information content (AvgIpc) is 2.98. The van der Waals surface area contributed by atoms with Crippen LogP contribution in [0, 0.1) is 5.82 Å². The zero-order chi connectivity index (χ0) is 18.7. The van der Waals surface area contributed by atoms with Crippen LogP contribution in [-0.4, -0.2) is 30.3 Å². The van der Waals surface area contributed by atoms with Gasteiger partial charge in [0.05, 0.1) is 25.4 Å². The molecule has 138 valence electrons. The number of nitrogens with zero attached hydrogens (tertiary/aromatic N) is 1. The lowest BCUT2D eigenvalue weighted by Gasteiger charge is -2.24. The molecule has 1 aliphatic heterocycles. The highest BCUT2D eigenvalue weighted by Gasteiger charge is 2.35. The molecule has 3 unspecified atom stereocenters. The lowest BCUT2D eigenvalue weighted by Crippen LogP contribution is -2.48. The first kappa shape index (κ1) is 18.0. The number of urea groups is 1. The molecule has 2 amide bonds. The van der Waals surface area contributed by atoms with Gasteiger partial charge in [0, 0.05) is 23.7 Å². The number of hydrogen-bond donors (Lipinski definition) is 2. The van der Waals surface area contributed by atoms with Crippen LogP contribution >= 0.6 is 0 Å². The molecule has 1 aliphatic rings. The van der Waals surface area contributed by atoms with Crippen LogP contribution in [0.15, 0.2) is 36.5 Å². The molecule has 0 saturated carbocycles. The first-order valence-electron chi connectivity index (χ1n) is 8.48. The van der Waals surface area contributed by atoms with Gasteiger partial charge >= 0.3 is 6.03 Å². The summed E-state index contributed by atoms with van der Waals surface area (Å²) < 4.78 is 24.9. The Kier molecular flexibility index (Phi) is 5.25. The Hall–Kier alpha value is -2.83. The van der Waals surface area contributed by atoms with Crippen molar-refractivity contribution in [1.29, 1.82) is 0 Å². The average molecular weight is 359 g/mol. The number of rotatable bonds is 5. The third kappa shape index (κ3) is 3.56. The molecule has 6 nitrogen and oxygen atoms in total. The summed E-state index contributed by atoms with van der Waals surface area (Å²) in [6, 6.07) is 8.65. The molecule has 0 fully saturated rings. The van der Waals surface area contributed by atoms with Gasteiger partial charge in [0.15, 0.2) is 11.6 Å². The van der Waals surface area contributed by atoms with E-state index in [4.69, 9.17) is 9.47 Å². The number of aromatic nitrogens is 1. The standard InChI is InChI=1S/C19H22FN3O3/c1-11-13-6-4-5-7-15(13)26-18(11)12(2)23-19(24)22-10-14-17(20)16(25-3)8-9-21-14/h4-9,11-12,18H,10H2,1-3H3,(H2,22,23,24). The van der Waals surface area contributed by atoms with Crippen molar-refractivity contribution in [3.8, 4) is 11.5 Å². The van der Waals surface area contributed by atoms with Gasteiger partial charge in [-0.15, -0.1) is 0 Å². The molecule has 7 heteroatoms. The first-order chi connectivity index (χ1) is 12.5. The van der Waals surface area contributed by atoms with Crippen molar-refractivity contribution in [3.05, 3.63) is 53.6 Å². The summed E-state index contributed by atoms with van der Waals surface area (Å²) in [7, 11) is 1.38. The van der Waals surface area contributed by atoms with Gasteiger partial charge in [0.1, 0.15) is 11.9 Å². The second-order valence-corrected chi connectivity index (χ2v) is 6.30. The highest BCUT2D eigenvalue weighted by Crippen LogP contribution is 2.38. The minimum atomic E-state index is -0.577. The number of amides is 2. The van der Waals surface area contributed by atoms with Gasteiger partial charge in [-0.25, -0.2) is 9.18 Å².